The van der Waals surface area contributed by atoms with Gasteiger partial charge >= 0.3 is 0 Å². The maximum absolute atomic E-state index is 4.83. The lowest BCUT2D eigenvalue weighted by Gasteiger charge is -2.23. The van der Waals surface area contributed by atoms with Gasteiger partial charge < -0.3 is 0 Å². The van der Waals surface area contributed by atoms with Crippen LogP contribution < -0.4 is 0 Å². The molecule has 2 aromatic rings. The third kappa shape index (κ3) is 3.00. The Morgan fingerprint density at radius 3 is 2.30 bits per heavy atom. The first-order chi connectivity index (χ1) is 9.24. The van der Waals surface area contributed by atoms with Crippen LogP contribution in [0.15, 0.2) is 24.4 Å². The normalized spacial score (nSPS) is 12.9. The minimum atomic E-state index is 0.0959. The highest BCUT2D eigenvalue weighted by molar-refractivity contribution is 5.75. The van der Waals surface area contributed by atoms with Crippen molar-refractivity contribution in [3.05, 3.63) is 35.7 Å². The lowest BCUT2D eigenvalue weighted by molar-refractivity contribution is 0.459. The van der Waals surface area contributed by atoms with Crippen LogP contribution in [-0.4, -0.2) is 9.97 Å². The number of rotatable bonds is 3. The summed E-state index contributed by atoms with van der Waals surface area (Å²) in [7, 11) is 0. The summed E-state index contributed by atoms with van der Waals surface area (Å²) in [6.07, 6.45) is 4.24. The Bertz CT molecular complexity index is 606. The third-order valence-electron chi connectivity index (χ3n) is 3.98. The first-order valence-electron chi connectivity index (χ1n) is 7.52. The predicted molar refractivity (Wildman–Crippen MR) is 86.2 cm³/mol. The van der Waals surface area contributed by atoms with Crippen molar-refractivity contribution in [2.75, 3.05) is 0 Å². The third-order valence-corrected chi connectivity index (χ3v) is 3.98. The number of aromatic nitrogens is 2. The van der Waals surface area contributed by atoms with Crippen LogP contribution in [0, 0.1) is 0 Å². The molecule has 0 bridgehead atoms. The van der Waals surface area contributed by atoms with E-state index in [9.17, 15) is 0 Å². The lowest BCUT2D eigenvalue weighted by Crippen LogP contribution is -2.19. The summed E-state index contributed by atoms with van der Waals surface area (Å²) in [4.78, 5) is 9.47. The molecule has 0 aliphatic rings. The van der Waals surface area contributed by atoms with Crippen molar-refractivity contribution < 1.29 is 0 Å². The first kappa shape index (κ1) is 15.0. The van der Waals surface area contributed by atoms with Crippen LogP contribution in [-0.2, 0) is 10.8 Å². The average Bonchev–Trinajstić information content (AvgIpc) is 2.36. The van der Waals surface area contributed by atoms with E-state index in [4.69, 9.17) is 4.98 Å². The van der Waals surface area contributed by atoms with E-state index in [1.165, 1.54) is 5.56 Å². The number of nitrogens with zero attached hydrogens (tertiary/aromatic N) is 2. The van der Waals surface area contributed by atoms with Gasteiger partial charge in [-0.1, -0.05) is 54.0 Å². The van der Waals surface area contributed by atoms with Crippen LogP contribution in [0.3, 0.4) is 0 Å². The molecule has 0 N–H and O–H groups in total. The van der Waals surface area contributed by atoms with Crippen molar-refractivity contribution in [2.45, 2.75) is 65.2 Å². The molecule has 1 aromatic heterocycles. The zero-order valence-corrected chi connectivity index (χ0v) is 13.6. The molecule has 0 fully saturated rings. The second kappa shape index (κ2) is 5.16. The van der Waals surface area contributed by atoms with Gasteiger partial charge in [0.05, 0.1) is 16.7 Å². The molecule has 0 saturated heterocycles. The maximum atomic E-state index is 4.83. The van der Waals surface area contributed by atoms with E-state index in [2.05, 4.69) is 64.7 Å². The molecular weight excluding hydrogens is 244 g/mol. The lowest BCUT2D eigenvalue weighted by atomic mass is 9.84. The van der Waals surface area contributed by atoms with E-state index in [-0.39, 0.29) is 10.8 Å². The molecule has 0 unspecified atom stereocenters. The van der Waals surface area contributed by atoms with E-state index in [1.807, 2.05) is 6.20 Å². The van der Waals surface area contributed by atoms with Crippen molar-refractivity contribution in [2.24, 2.45) is 0 Å². The molecule has 0 aliphatic heterocycles. The molecule has 2 rings (SSSR count). The van der Waals surface area contributed by atoms with Gasteiger partial charge in [0.2, 0.25) is 0 Å². The van der Waals surface area contributed by atoms with E-state index in [1.54, 1.807) is 0 Å². The summed E-state index contributed by atoms with van der Waals surface area (Å²) < 4.78 is 0. The molecule has 1 heterocycles. The Labute approximate surface area is 122 Å². The van der Waals surface area contributed by atoms with Crippen molar-refractivity contribution in [3.8, 4) is 0 Å². The van der Waals surface area contributed by atoms with Crippen molar-refractivity contribution >= 4 is 11.0 Å². The van der Waals surface area contributed by atoms with Crippen LogP contribution in [0.2, 0.25) is 0 Å². The van der Waals surface area contributed by atoms with E-state index < -0.39 is 0 Å². The Balaban J connectivity index is 2.47. The van der Waals surface area contributed by atoms with Crippen LogP contribution in [0.5, 0.6) is 0 Å². The van der Waals surface area contributed by atoms with Gasteiger partial charge in [0, 0.05) is 11.6 Å². The molecule has 2 heteroatoms. The fraction of sp³-hybridized carbons (Fsp3) is 0.556. The zero-order chi connectivity index (χ0) is 15.0. The molecule has 20 heavy (non-hydrogen) atoms. The smallest absolute Gasteiger partial charge is 0.0890 e. The highest BCUT2D eigenvalue weighted by Crippen LogP contribution is 2.29. The predicted octanol–water partition coefficient (Wildman–Crippen LogP) is 5.01. The first-order valence-corrected chi connectivity index (χ1v) is 7.52. The quantitative estimate of drug-likeness (QED) is 0.784. The molecule has 0 spiro atoms. The van der Waals surface area contributed by atoms with E-state index >= 15 is 0 Å². The minimum Gasteiger partial charge on any atom is -0.253 e. The van der Waals surface area contributed by atoms with Crippen molar-refractivity contribution in [1.82, 2.24) is 9.97 Å². The van der Waals surface area contributed by atoms with Crippen molar-refractivity contribution in [1.29, 1.82) is 0 Å². The Morgan fingerprint density at radius 2 is 1.70 bits per heavy atom. The van der Waals surface area contributed by atoms with Gasteiger partial charge in [0.15, 0.2) is 0 Å². The summed E-state index contributed by atoms with van der Waals surface area (Å²) in [5, 5.41) is 0. The monoisotopic (exact) mass is 270 g/mol. The maximum Gasteiger partial charge on any atom is 0.0890 e. The fourth-order valence-corrected chi connectivity index (χ4v) is 2.56. The summed E-state index contributed by atoms with van der Waals surface area (Å²) in [5.74, 6) is 0. The molecule has 108 valence electrons. The fourth-order valence-electron chi connectivity index (χ4n) is 2.56. The van der Waals surface area contributed by atoms with Crippen molar-refractivity contribution in [3.63, 3.8) is 0 Å². The molecule has 1 aromatic carbocycles. The summed E-state index contributed by atoms with van der Waals surface area (Å²) in [6, 6.07) is 6.45. The Kier molecular flexibility index (Phi) is 3.86. The molecule has 0 amide bonds. The van der Waals surface area contributed by atoms with Gasteiger partial charge in [-0.3, -0.25) is 4.98 Å². The summed E-state index contributed by atoms with van der Waals surface area (Å²) in [5.41, 5.74) is 4.64. The van der Waals surface area contributed by atoms with Crippen LogP contribution in [0.4, 0.5) is 0 Å². The van der Waals surface area contributed by atoms with E-state index in [0.29, 0.717) is 0 Å². The minimum absolute atomic E-state index is 0.0959. The van der Waals surface area contributed by atoms with Gasteiger partial charge in [0.1, 0.15) is 0 Å². The molecule has 0 aliphatic carbocycles. The number of benzene rings is 1. The van der Waals surface area contributed by atoms with Crippen LogP contribution in [0.1, 0.15) is 65.6 Å². The summed E-state index contributed by atoms with van der Waals surface area (Å²) in [6.45, 7) is 13.4. The SMILES string of the molecule is CCCC(C)(C)c1cnc2cc(C(C)(C)C)ccc2n1. The average molecular weight is 270 g/mol. The summed E-state index contributed by atoms with van der Waals surface area (Å²) >= 11 is 0. The molecule has 0 atom stereocenters. The molecule has 0 saturated carbocycles. The molecular formula is C18H26N2. The highest BCUT2D eigenvalue weighted by Gasteiger charge is 2.22. The van der Waals surface area contributed by atoms with Gasteiger partial charge in [-0.15, -0.1) is 0 Å². The van der Waals surface area contributed by atoms with Crippen LogP contribution in [0.25, 0.3) is 11.0 Å². The Hall–Kier alpha value is -1.44. The second-order valence-electron chi connectivity index (χ2n) is 7.34. The second-order valence-corrected chi connectivity index (χ2v) is 7.34. The topological polar surface area (TPSA) is 25.8 Å². The zero-order valence-electron chi connectivity index (χ0n) is 13.6. The number of hydrogen-bond acceptors (Lipinski definition) is 2. The largest absolute Gasteiger partial charge is 0.253 e. The standard InChI is InChI=1S/C18H26N2/c1-7-10-18(5,6)16-12-19-15-11-13(17(2,3)4)8-9-14(15)20-16/h8-9,11-12H,7,10H2,1-6H3. The molecule has 0 radical (unpaired) electrons. The number of fused-ring (bicyclic) bond motifs is 1. The van der Waals surface area contributed by atoms with Gasteiger partial charge in [-0.25, -0.2) is 4.98 Å². The van der Waals surface area contributed by atoms with Gasteiger partial charge in [-0.05, 0) is 29.5 Å². The molecule has 2 nitrogen and oxygen atoms in total. The number of hydrogen-bond donors (Lipinski definition) is 0. The van der Waals surface area contributed by atoms with Gasteiger partial charge in [0.25, 0.3) is 0 Å². The highest BCUT2D eigenvalue weighted by atomic mass is 14.8. The van der Waals surface area contributed by atoms with Gasteiger partial charge in [-0.2, -0.15) is 0 Å². The van der Waals surface area contributed by atoms with E-state index in [0.717, 1.165) is 29.6 Å². The Morgan fingerprint density at radius 1 is 1.00 bits per heavy atom. The van der Waals surface area contributed by atoms with Crippen LogP contribution >= 0.6 is 0 Å².